The smallest absolute Gasteiger partial charge is 0.341 e. The van der Waals surface area contributed by atoms with E-state index in [2.05, 4.69) is 40.5 Å². The summed E-state index contributed by atoms with van der Waals surface area (Å²) in [5, 5.41) is 6.61. The van der Waals surface area contributed by atoms with E-state index in [1.54, 1.807) is 42.9 Å². The Bertz CT molecular complexity index is 1330. The highest BCUT2D eigenvalue weighted by atomic mass is 19.4. The van der Waals surface area contributed by atoms with Crippen LogP contribution in [0, 0.1) is 0 Å². The minimum Gasteiger partial charge on any atom is -0.341 e. The fourth-order valence-electron chi connectivity index (χ4n) is 4.86. The number of aromatic amines is 2. The van der Waals surface area contributed by atoms with Gasteiger partial charge in [-0.3, -0.25) is 0 Å². The molecule has 1 unspecified atom stereocenters. The lowest BCUT2D eigenvalue weighted by Gasteiger charge is -2.08. The number of H-pyrrole nitrogens is 2. The molecule has 11 heteroatoms. The highest BCUT2D eigenvalue weighted by Crippen LogP contribution is 2.37. The Kier molecular flexibility index (Phi) is 5.81. The molecule has 4 aromatic rings. The molecule has 0 spiro atoms. The van der Waals surface area contributed by atoms with Gasteiger partial charge in [-0.05, 0) is 38.8 Å². The van der Waals surface area contributed by atoms with Crippen molar-refractivity contribution in [2.24, 2.45) is 0 Å². The molecule has 0 bridgehead atoms. The van der Waals surface area contributed by atoms with Crippen LogP contribution < -0.4 is 10.6 Å². The molecule has 186 valence electrons. The maximum Gasteiger partial charge on any atom is 0.433 e. The quantitative estimate of drug-likeness (QED) is 0.318. The van der Waals surface area contributed by atoms with Gasteiger partial charge in [0.15, 0.2) is 5.82 Å². The lowest BCUT2D eigenvalue weighted by Crippen LogP contribution is -2.14. The third-order valence-corrected chi connectivity index (χ3v) is 6.76. The van der Waals surface area contributed by atoms with Crippen LogP contribution in [0.3, 0.4) is 0 Å². The Morgan fingerprint density at radius 3 is 1.97 bits per heavy atom. The minimum atomic E-state index is -4.53. The van der Waals surface area contributed by atoms with Gasteiger partial charge in [0.2, 0.25) is 0 Å². The number of hydrogen-bond acceptors (Lipinski definition) is 6. The Balaban J connectivity index is 1.23. The Hall–Kier alpha value is -3.57. The number of nitrogens with one attached hydrogen (secondary N) is 4. The van der Waals surface area contributed by atoms with Gasteiger partial charge in [-0.2, -0.15) is 13.2 Å². The molecule has 5 heterocycles. The van der Waals surface area contributed by atoms with Gasteiger partial charge < -0.3 is 20.6 Å². The minimum absolute atomic E-state index is 0.0965. The molecule has 6 rings (SSSR count). The molecule has 3 aromatic heterocycles. The molecule has 2 aliphatic rings. The number of rotatable bonds is 5. The van der Waals surface area contributed by atoms with Crippen molar-refractivity contribution < 1.29 is 13.2 Å². The van der Waals surface area contributed by atoms with Gasteiger partial charge in [0, 0.05) is 29.1 Å². The van der Waals surface area contributed by atoms with E-state index in [1.165, 1.54) is 0 Å². The first-order valence-electron chi connectivity index (χ1n) is 12.1. The van der Waals surface area contributed by atoms with Gasteiger partial charge in [0.05, 0.1) is 24.0 Å². The van der Waals surface area contributed by atoms with Crippen molar-refractivity contribution in [3.63, 3.8) is 0 Å². The molecule has 1 aromatic carbocycles. The Morgan fingerprint density at radius 2 is 1.36 bits per heavy atom. The predicted octanol–water partition coefficient (Wildman–Crippen LogP) is 4.79. The second-order valence-electron chi connectivity index (χ2n) is 9.20. The molecule has 2 fully saturated rings. The fraction of sp³-hybridized carbons (Fsp3) is 0.360. The molecule has 0 aliphatic carbocycles. The molecular weight excluding hydrogens is 469 g/mol. The van der Waals surface area contributed by atoms with Crippen molar-refractivity contribution in [1.82, 2.24) is 40.5 Å². The maximum absolute atomic E-state index is 13.7. The van der Waals surface area contributed by atoms with Gasteiger partial charge in [-0.1, -0.05) is 24.3 Å². The number of alkyl halides is 3. The zero-order valence-electron chi connectivity index (χ0n) is 19.4. The van der Waals surface area contributed by atoms with E-state index >= 15 is 0 Å². The van der Waals surface area contributed by atoms with E-state index in [1.807, 2.05) is 0 Å². The molecule has 0 saturated carbocycles. The molecule has 0 amide bonds. The highest BCUT2D eigenvalue weighted by molar-refractivity contribution is 5.68. The Labute approximate surface area is 205 Å². The van der Waals surface area contributed by atoms with Crippen LogP contribution in [0.5, 0.6) is 0 Å². The second kappa shape index (κ2) is 9.14. The zero-order valence-corrected chi connectivity index (χ0v) is 19.4. The molecule has 2 atom stereocenters. The van der Waals surface area contributed by atoms with Gasteiger partial charge in [-0.25, -0.2) is 19.9 Å². The summed E-state index contributed by atoms with van der Waals surface area (Å²) in [6.07, 6.45) is 4.53. The number of benzene rings is 1. The molecule has 36 heavy (non-hydrogen) atoms. The standard InChI is InChI=1S/C25H25F3N8/c26-25(27,28)21-20(35-24(36-21)18-4-2-10-30-18)14-5-7-15(8-6-14)22-31-11-16(12-32-22)19-13-33-23(34-19)17-3-1-9-29-17/h5-8,11-13,17-18,29-30H,1-4,9-10H2,(H,33,34)(H,35,36)/t17?,18-/m0/s1. The summed E-state index contributed by atoms with van der Waals surface area (Å²) in [5.74, 6) is 1.71. The SMILES string of the molecule is FC(F)(F)c1[nH]c([C@@H]2CCCN2)nc1-c1ccc(-c2ncc(-c3cnc(C4CCCN4)[nH]3)cn2)cc1. The maximum atomic E-state index is 13.7. The van der Waals surface area contributed by atoms with E-state index in [0.29, 0.717) is 22.8 Å². The van der Waals surface area contributed by atoms with Crippen molar-refractivity contribution in [1.29, 1.82) is 0 Å². The summed E-state index contributed by atoms with van der Waals surface area (Å²) in [5.41, 5.74) is 1.81. The monoisotopic (exact) mass is 494 g/mol. The van der Waals surface area contributed by atoms with Gasteiger partial charge >= 0.3 is 6.18 Å². The first kappa shape index (κ1) is 22.9. The summed E-state index contributed by atoms with van der Waals surface area (Å²) >= 11 is 0. The van der Waals surface area contributed by atoms with Crippen molar-refractivity contribution in [2.75, 3.05) is 13.1 Å². The average Bonchev–Trinajstić information content (AvgIpc) is 3.70. The molecule has 0 radical (unpaired) electrons. The van der Waals surface area contributed by atoms with Crippen molar-refractivity contribution >= 4 is 0 Å². The van der Waals surface area contributed by atoms with E-state index in [0.717, 1.165) is 55.9 Å². The van der Waals surface area contributed by atoms with Crippen LogP contribution >= 0.6 is 0 Å². The van der Waals surface area contributed by atoms with Crippen LogP contribution in [-0.4, -0.2) is 43.0 Å². The van der Waals surface area contributed by atoms with Crippen LogP contribution in [0.1, 0.15) is 55.1 Å². The first-order chi connectivity index (χ1) is 17.5. The van der Waals surface area contributed by atoms with E-state index in [4.69, 9.17) is 0 Å². The lowest BCUT2D eigenvalue weighted by molar-refractivity contribution is -0.140. The average molecular weight is 495 g/mol. The summed E-state index contributed by atoms with van der Waals surface area (Å²) in [4.78, 5) is 23.6. The van der Waals surface area contributed by atoms with Crippen LogP contribution in [0.2, 0.25) is 0 Å². The molecule has 4 N–H and O–H groups in total. The second-order valence-corrected chi connectivity index (χ2v) is 9.20. The molecule has 8 nitrogen and oxygen atoms in total. The van der Waals surface area contributed by atoms with Crippen molar-refractivity contribution in [3.8, 4) is 33.9 Å². The summed E-state index contributed by atoms with van der Waals surface area (Å²) in [7, 11) is 0. The fourth-order valence-corrected chi connectivity index (χ4v) is 4.86. The number of nitrogens with zero attached hydrogens (tertiary/aromatic N) is 4. The van der Waals surface area contributed by atoms with Crippen molar-refractivity contribution in [3.05, 3.63) is 60.2 Å². The van der Waals surface area contributed by atoms with Crippen LogP contribution in [0.25, 0.3) is 33.9 Å². The van der Waals surface area contributed by atoms with Gasteiger partial charge in [0.1, 0.15) is 23.0 Å². The largest absolute Gasteiger partial charge is 0.433 e. The van der Waals surface area contributed by atoms with Gasteiger partial charge in [-0.15, -0.1) is 0 Å². The van der Waals surface area contributed by atoms with Crippen molar-refractivity contribution in [2.45, 2.75) is 43.9 Å². The summed E-state index contributed by atoms with van der Waals surface area (Å²) < 4.78 is 41.2. The number of halogens is 3. The van der Waals surface area contributed by atoms with E-state index < -0.39 is 11.9 Å². The topological polar surface area (TPSA) is 107 Å². The Morgan fingerprint density at radius 1 is 0.722 bits per heavy atom. The number of imidazole rings is 2. The van der Waals surface area contributed by atoms with Crippen LogP contribution in [-0.2, 0) is 6.18 Å². The first-order valence-corrected chi connectivity index (χ1v) is 12.1. The highest BCUT2D eigenvalue weighted by Gasteiger charge is 2.38. The molecular formula is C25H25F3N8. The normalized spacial score (nSPS) is 20.3. The third-order valence-electron chi connectivity index (χ3n) is 6.76. The molecule has 2 saturated heterocycles. The lowest BCUT2D eigenvalue weighted by atomic mass is 10.1. The van der Waals surface area contributed by atoms with Gasteiger partial charge in [0.25, 0.3) is 0 Å². The third kappa shape index (κ3) is 4.40. The summed E-state index contributed by atoms with van der Waals surface area (Å²) in [6, 6.07) is 6.74. The van der Waals surface area contributed by atoms with Crippen LogP contribution in [0.4, 0.5) is 13.2 Å². The predicted molar refractivity (Wildman–Crippen MR) is 128 cm³/mol. The van der Waals surface area contributed by atoms with E-state index in [9.17, 15) is 13.2 Å². The number of hydrogen-bond donors (Lipinski definition) is 4. The van der Waals surface area contributed by atoms with Crippen LogP contribution in [0.15, 0.2) is 42.9 Å². The molecule has 2 aliphatic heterocycles. The summed E-state index contributed by atoms with van der Waals surface area (Å²) in [6.45, 7) is 1.77. The number of aromatic nitrogens is 6. The zero-order chi connectivity index (χ0) is 24.7. The van der Waals surface area contributed by atoms with E-state index in [-0.39, 0.29) is 17.8 Å².